The number of nitrogens with one attached hydrogen (secondary N) is 1. The van der Waals surface area contributed by atoms with E-state index in [0.717, 1.165) is 0 Å². The van der Waals surface area contributed by atoms with Crippen LogP contribution in [-0.2, 0) is 14.6 Å². The lowest BCUT2D eigenvalue weighted by Crippen LogP contribution is -2.37. The fourth-order valence-electron chi connectivity index (χ4n) is 3.22. The molecular formula is C21H22N2O6S. The second kappa shape index (κ2) is 7.91. The molecule has 0 radical (unpaired) electrons. The van der Waals surface area contributed by atoms with Gasteiger partial charge in [0, 0.05) is 15.9 Å². The number of fused-ring (bicyclic) bond motifs is 1. The molecule has 8 nitrogen and oxygen atoms in total. The van der Waals surface area contributed by atoms with Gasteiger partial charge < -0.3 is 10.1 Å². The molecule has 1 aliphatic heterocycles. The van der Waals surface area contributed by atoms with Crippen LogP contribution >= 0.6 is 0 Å². The largest absolute Gasteiger partial charge is 0.496 e. The second-order valence-electron chi connectivity index (χ2n) is 6.76. The molecule has 0 spiro atoms. The second-order valence-corrected chi connectivity index (χ2v) is 8.51. The Morgan fingerprint density at radius 2 is 1.97 bits per heavy atom. The van der Waals surface area contributed by atoms with Crippen LogP contribution in [-0.4, -0.2) is 50.1 Å². The van der Waals surface area contributed by atoms with Gasteiger partial charge in [-0.15, -0.1) is 0 Å². The summed E-state index contributed by atoms with van der Waals surface area (Å²) in [6.07, 6.45) is 0.591. The van der Waals surface area contributed by atoms with Crippen LogP contribution in [0.15, 0.2) is 36.4 Å². The molecule has 0 bridgehead atoms. The average Bonchev–Trinajstić information content (AvgIpc) is 2.97. The first kappa shape index (κ1) is 17.6. The molecule has 30 heavy (non-hydrogen) atoms. The van der Waals surface area contributed by atoms with Crippen molar-refractivity contribution in [2.45, 2.75) is 19.9 Å². The van der Waals surface area contributed by atoms with Gasteiger partial charge >= 0.3 is 0 Å². The lowest BCUT2D eigenvalue weighted by atomic mass is 10.0. The van der Waals surface area contributed by atoms with Gasteiger partial charge in [-0.1, -0.05) is 18.2 Å². The van der Waals surface area contributed by atoms with E-state index in [9.17, 15) is 22.8 Å². The summed E-state index contributed by atoms with van der Waals surface area (Å²) >= 11 is 0. The van der Waals surface area contributed by atoms with Crippen LogP contribution < -0.4 is 10.1 Å². The molecule has 0 unspecified atom stereocenters. The number of sulfone groups is 1. The third kappa shape index (κ3) is 4.06. The van der Waals surface area contributed by atoms with Crippen LogP contribution in [0.3, 0.4) is 0 Å². The van der Waals surface area contributed by atoms with Crippen molar-refractivity contribution in [2.75, 3.05) is 24.4 Å². The quantitative estimate of drug-likeness (QED) is 0.701. The number of amides is 3. The normalized spacial score (nSPS) is 17.5. The first-order chi connectivity index (χ1) is 15.2. The van der Waals surface area contributed by atoms with E-state index in [1.807, 2.05) is 0 Å². The van der Waals surface area contributed by atoms with E-state index in [2.05, 4.69) is 5.32 Å². The predicted octanol–water partition coefficient (Wildman–Crippen LogP) is 2.34. The Morgan fingerprint density at radius 3 is 2.53 bits per heavy atom. The van der Waals surface area contributed by atoms with Crippen LogP contribution in [0.4, 0.5) is 5.69 Å². The number of nitrogens with zero attached hydrogens (tertiary/aromatic N) is 1. The van der Waals surface area contributed by atoms with Crippen LogP contribution in [0.1, 0.15) is 48.9 Å². The monoisotopic (exact) mass is 433 g/mol. The van der Waals surface area contributed by atoms with Gasteiger partial charge in [0.1, 0.15) is 15.6 Å². The number of benzene rings is 2. The third-order valence-corrected chi connectivity index (χ3v) is 4.96. The first-order valence-corrected chi connectivity index (χ1v) is 10.7. The first-order valence-electron chi connectivity index (χ1n) is 10.3. The summed E-state index contributed by atoms with van der Waals surface area (Å²) in [6, 6.07) is 5.01. The summed E-state index contributed by atoms with van der Waals surface area (Å²) in [6.45, 7) is 2.80. The highest BCUT2D eigenvalue weighted by Gasteiger charge is 2.43. The Bertz CT molecular complexity index is 1290. The molecule has 2 aromatic rings. The minimum atomic E-state index is -4.64. The van der Waals surface area contributed by atoms with Gasteiger partial charge in [0.25, 0.3) is 11.8 Å². The molecule has 1 N–H and O–H groups in total. The van der Waals surface area contributed by atoms with Crippen LogP contribution in [0.2, 0.25) is 0 Å². The van der Waals surface area contributed by atoms with E-state index in [0.29, 0.717) is 22.5 Å². The highest BCUT2D eigenvalue weighted by molar-refractivity contribution is 7.90. The van der Waals surface area contributed by atoms with E-state index < -0.39 is 39.3 Å². The minimum absolute atomic E-state index is 0.00553. The minimum Gasteiger partial charge on any atom is -0.496 e. The number of aryl methyl sites for hydroxylation is 1. The summed E-state index contributed by atoms with van der Waals surface area (Å²) in [5.74, 6) is -2.29. The van der Waals surface area contributed by atoms with E-state index in [1.165, 1.54) is 50.4 Å². The molecule has 0 aliphatic carbocycles. The zero-order valence-corrected chi connectivity index (χ0v) is 17.6. The van der Waals surface area contributed by atoms with Crippen molar-refractivity contribution in [3.05, 3.63) is 58.7 Å². The summed E-state index contributed by atoms with van der Waals surface area (Å²) < 4.78 is 56.1. The lowest BCUT2D eigenvalue weighted by Gasteiger charge is -2.26. The fourth-order valence-corrected chi connectivity index (χ4v) is 3.78. The molecule has 0 fully saturated rings. The standard InChI is InChI=1S/C21H22N2O6S/c1-12-10-14(8-9-18(12)29-3)17(11-30(4,27)28)23-20(25)15-6-5-7-16(22-13(2)24)19(15)21(23)26/h5-10,17H,11H2,1-4H3,(H,22,24)/t17-/m1/s1/i11D2,17D. The van der Waals surface area contributed by atoms with Gasteiger partial charge in [0.2, 0.25) is 5.91 Å². The van der Waals surface area contributed by atoms with Gasteiger partial charge in [0.05, 0.1) is 37.0 Å². The van der Waals surface area contributed by atoms with Crippen LogP contribution in [0.25, 0.3) is 0 Å². The van der Waals surface area contributed by atoms with E-state index in [1.54, 1.807) is 6.92 Å². The molecule has 1 aliphatic rings. The van der Waals surface area contributed by atoms with Gasteiger partial charge in [0.15, 0.2) is 0 Å². The van der Waals surface area contributed by atoms with Crippen molar-refractivity contribution in [2.24, 2.45) is 0 Å². The van der Waals surface area contributed by atoms with Crippen molar-refractivity contribution in [3.63, 3.8) is 0 Å². The maximum absolute atomic E-state index is 13.5. The Balaban J connectivity index is 2.33. The van der Waals surface area contributed by atoms with Crippen molar-refractivity contribution in [1.82, 2.24) is 4.90 Å². The smallest absolute Gasteiger partial charge is 0.264 e. The Hall–Kier alpha value is -3.20. The van der Waals surface area contributed by atoms with Crippen molar-refractivity contribution in [3.8, 4) is 5.75 Å². The Kier molecular flexibility index (Phi) is 4.65. The summed E-state index contributed by atoms with van der Waals surface area (Å²) in [7, 11) is -3.24. The molecule has 0 aromatic heterocycles. The number of carbonyl (C=O) groups excluding carboxylic acids is 3. The van der Waals surface area contributed by atoms with Gasteiger partial charge in [-0.2, -0.15) is 0 Å². The molecule has 3 rings (SSSR count). The number of methoxy groups -OCH3 is 1. The summed E-state index contributed by atoms with van der Waals surface area (Å²) in [5.41, 5.74) is -3.64. The molecule has 158 valence electrons. The van der Waals surface area contributed by atoms with Gasteiger partial charge in [-0.25, -0.2) is 8.42 Å². The molecule has 0 saturated carbocycles. The number of imide groups is 1. The molecule has 3 amide bonds. The van der Waals surface area contributed by atoms with Crippen molar-refractivity contribution >= 4 is 33.2 Å². The zero-order valence-electron chi connectivity index (χ0n) is 19.8. The fraction of sp³-hybridized carbons (Fsp3) is 0.286. The number of carbonyl (C=O) groups is 3. The average molecular weight is 434 g/mol. The number of anilines is 1. The molecular weight excluding hydrogens is 408 g/mol. The summed E-state index contributed by atoms with van der Waals surface area (Å²) in [5, 5.41) is 2.43. The topological polar surface area (TPSA) is 110 Å². The SMILES string of the molecule is [2H]C([2H])([C@]([2H])(c1ccc(OC)c(C)c1)N1C(=O)c2cccc(NC(C)=O)c2C1=O)S(C)(=O)=O. The number of hydrogen-bond acceptors (Lipinski definition) is 6. The van der Waals surface area contributed by atoms with Gasteiger partial charge in [-0.3, -0.25) is 19.3 Å². The third-order valence-electron chi connectivity index (χ3n) is 4.40. The van der Waals surface area contributed by atoms with Crippen LogP contribution in [0.5, 0.6) is 5.75 Å². The van der Waals surface area contributed by atoms with Crippen molar-refractivity contribution < 1.29 is 31.7 Å². The Labute approximate surface area is 179 Å². The maximum Gasteiger partial charge on any atom is 0.264 e. The lowest BCUT2D eigenvalue weighted by molar-refractivity contribution is -0.114. The molecule has 1 heterocycles. The van der Waals surface area contributed by atoms with E-state index in [-0.39, 0.29) is 22.4 Å². The van der Waals surface area contributed by atoms with Gasteiger partial charge in [-0.05, 0) is 36.2 Å². The van der Waals surface area contributed by atoms with E-state index >= 15 is 0 Å². The van der Waals surface area contributed by atoms with Crippen molar-refractivity contribution in [1.29, 1.82) is 0 Å². The Morgan fingerprint density at radius 1 is 1.27 bits per heavy atom. The zero-order chi connectivity index (χ0) is 24.9. The highest BCUT2D eigenvalue weighted by atomic mass is 32.2. The molecule has 1 atom stereocenters. The molecule has 9 heteroatoms. The summed E-state index contributed by atoms with van der Waals surface area (Å²) in [4.78, 5) is 38.7. The van der Waals surface area contributed by atoms with Crippen LogP contribution in [0, 0.1) is 6.92 Å². The highest BCUT2D eigenvalue weighted by Crippen LogP contribution is 2.36. The number of rotatable bonds is 6. The number of hydrogen-bond donors (Lipinski definition) is 1. The molecule has 0 saturated heterocycles. The predicted molar refractivity (Wildman–Crippen MR) is 111 cm³/mol. The number of ether oxygens (including phenoxy) is 1. The van der Waals surface area contributed by atoms with E-state index in [4.69, 9.17) is 8.85 Å². The maximum atomic E-state index is 13.5. The molecule has 2 aromatic carbocycles.